The minimum absolute atomic E-state index is 0. The number of para-hydroxylation sites is 1. The lowest BCUT2D eigenvalue weighted by molar-refractivity contribution is -0.122. The standard InChI is InChI=1S/C17H27N3O3.2ClH/c1-20(2)15(14-6-4-5-7-16(14)22-3)11-19-17(21)10-13-12-23-9-8-18-13;;/h4-7,13,15,18H,8-12H2,1-3H3,(H,19,21);2*1H. The van der Waals surface area contributed by atoms with Crippen LogP contribution in [0.2, 0.25) is 0 Å². The van der Waals surface area contributed by atoms with Crippen LogP contribution >= 0.6 is 24.8 Å². The van der Waals surface area contributed by atoms with Crippen molar-refractivity contribution < 1.29 is 14.3 Å². The van der Waals surface area contributed by atoms with Crippen molar-refractivity contribution in [3.05, 3.63) is 29.8 Å². The molecule has 2 N–H and O–H groups in total. The van der Waals surface area contributed by atoms with Gasteiger partial charge in [0.25, 0.3) is 0 Å². The average Bonchev–Trinajstić information content (AvgIpc) is 2.56. The predicted molar refractivity (Wildman–Crippen MR) is 104 cm³/mol. The Bertz CT molecular complexity index is 512. The largest absolute Gasteiger partial charge is 0.496 e. The van der Waals surface area contributed by atoms with E-state index in [1.807, 2.05) is 38.4 Å². The van der Waals surface area contributed by atoms with Crippen LogP contribution in [0.4, 0.5) is 0 Å². The lowest BCUT2D eigenvalue weighted by atomic mass is 10.0. The highest BCUT2D eigenvalue weighted by molar-refractivity contribution is 5.85. The number of methoxy groups -OCH3 is 1. The maximum Gasteiger partial charge on any atom is 0.221 e. The van der Waals surface area contributed by atoms with E-state index in [-0.39, 0.29) is 42.8 Å². The van der Waals surface area contributed by atoms with E-state index in [2.05, 4.69) is 15.5 Å². The second kappa shape index (κ2) is 12.3. The number of rotatable bonds is 7. The number of carbonyl (C=O) groups is 1. The number of hydrogen-bond donors (Lipinski definition) is 2. The van der Waals surface area contributed by atoms with Crippen LogP contribution in [0.25, 0.3) is 0 Å². The van der Waals surface area contributed by atoms with Crippen molar-refractivity contribution in [3.8, 4) is 5.75 Å². The molecule has 144 valence electrons. The fourth-order valence-corrected chi connectivity index (χ4v) is 2.77. The number of hydrogen-bond acceptors (Lipinski definition) is 5. The molecule has 0 radical (unpaired) electrons. The van der Waals surface area contributed by atoms with Gasteiger partial charge in [-0.25, -0.2) is 0 Å². The molecule has 6 nitrogen and oxygen atoms in total. The topological polar surface area (TPSA) is 62.8 Å². The van der Waals surface area contributed by atoms with Gasteiger partial charge in [-0.1, -0.05) is 18.2 Å². The molecule has 0 spiro atoms. The number of carbonyl (C=O) groups excluding carboxylic acids is 1. The van der Waals surface area contributed by atoms with Gasteiger partial charge in [-0.05, 0) is 20.2 Å². The number of nitrogens with one attached hydrogen (secondary N) is 2. The highest BCUT2D eigenvalue weighted by atomic mass is 35.5. The number of nitrogens with zero attached hydrogens (tertiary/aromatic N) is 1. The third-order valence-corrected chi connectivity index (χ3v) is 4.04. The summed E-state index contributed by atoms with van der Waals surface area (Å²) >= 11 is 0. The summed E-state index contributed by atoms with van der Waals surface area (Å²) in [5, 5.41) is 6.32. The first kappa shape index (κ1) is 23.9. The Balaban J connectivity index is 0.00000288. The summed E-state index contributed by atoms with van der Waals surface area (Å²) in [5.41, 5.74) is 1.07. The summed E-state index contributed by atoms with van der Waals surface area (Å²) in [6, 6.07) is 8.07. The zero-order chi connectivity index (χ0) is 16.7. The van der Waals surface area contributed by atoms with E-state index in [1.54, 1.807) is 7.11 Å². The van der Waals surface area contributed by atoms with Crippen molar-refractivity contribution in [1.82, 2.24) is 15.5 Å². The first-order valence-electron chi connectivity index (χ1n) is 7.99. The third kappa shape index (κ3) is 7.38. The molecular formula is C17H29Cl2N3O3. The molecule has 0 aromatic heterocycles. The number of amides is 1. The summed E-state index contributed by atoms with van der Waals surface area (Å²) in [4.78, 5) is 14.3. The minimum atomic E-state index is 0. The molecule has 1 fully saturated rings. The molecule has 1 amide bonds. The lowest BCUT2D eigenvalue weighted by Crippen LogP contribution is -2.45. The van der Waals surface area contributed by atoms with E-state index in [4.69, 9.17) is 9.47 Å². The highest BCUT2D eigenvalue weighted by Gasteiger charge is 2.21. The Morgan fingerprint density at radius 1 is 1.40 bits per heavy atom. The van der Waals surface area contributed by atoms with Crippen molar-refractivity contribution in [2.24, 2.45) is 0 Å². The quantitative estimate of drug-likeness (QED) is 0.736. The van der Waals surface area contributed by atoms with E-state index < -0.39 is 0 Å². The van der Waals surface area contributed by atoms with Crippen LogP contribution in [0.5, 0.6) is 5.75 Å². The Morgan fingerprint density at radius 2 is 2.12 bits per heavy atom. The summed E-state index contributed by atoms with van der Waals surface area (Å²) < 4.78 is 10.8. The molecule has 8 heteroatoms. The molecule has 1 heterocycles. The molecule has 1 saturated heterocycles. The van der Waals surface area contributed by atoms with Gasteiger partial charge in [0.2, 0.25) is 5.91 Å². The SMILES string of the molecule is COc1ccccc1C(CNC(=O)CC1COCCN1)N(C)C.Cl.Cl. The van der Waals surface area contributed by atoms with Crippen LogP contribution in [0.3, 0.4) is 0 Å². The van der Waals surface area contributed by atoms with Gasteiger partial charge in [0, 0.05) is 31.1 Å². The van der Waals surface area contributed by atoms with Crippen molar-refractivity contribution in [1.29, 1.82) is 0 Å². The Kier molecular flexibility index (Phi) is 11.8. The first-order valence-corrected chi connectivity index (χ1v) is 7.99. The Hall–Kier alpha value is -1.05. The van der Waals surface area contributed by atoms with E-state index in [1.165, 1.54) is 0 Å². The first-order chi connectivity index (χ1) is 11.1. The zero-order valence-electron chi connectivity index (χ0n) is 15.0. The number of halogens is 2. The number of likely N-dealkylation sites (N-methyl/N-ethyl adjacent to an activating group) is 1. The van der Waals surface area contributed by atoms with Crippen LogP contribution in [-0.4, -0.2) is 64.4 Å². The molecule has 1 aromatic rings. The molecule has 25 heavy (non-hydrogen) atoms. The predicted octanol–water partition coefficient (Wildman–Crippen LogP) is 1.64. The molecule has 1 aliphatic heterocycles. The van der Waals surface area contributed by atoms with Crippen molar-refractivity contribution >= 4 is 30.7 Å². The second-order valence-electron chi connectivity index (χ2n) is 5.96. The summed E-state index contributed by atoms with van der Waals surface area (Å²) in [6.07, 6.45) is 0.437. The van der Waals surface area contributed by atoms with Gasteiger partial charge in [-0.15, -0.1) is 24.8 Å². The summed E-state index contributed by atoms with van der Waals surface area (Å²) in [6.45, 7) is 2.66. The molecule has 2 unspecified atom stereocenters. The number of ether oxygens (including phenoxy) is 2. The number of benzene rings is 1. The van der Waals surface area contributed by atoms with E-state index in [0.29, 0.717) is 26.2 Å². The van der Waals surface area contributed by atoms with Gasteiger partial charge in [-0.3, -0.25) is 4.79 Å². The van der Waals surface area contributed by atoms with Crippen LogP contribution < -0.4 is 15.4 Å². The van der Waals surface area contributed by atoms with Crippen LogP contribution in [0, 0.1) is 0 Å². The normalized spacial score (nSPS) is 17.8. The maximum atomic E-state index is 12.2. The Labute approximate surface area is 162 Å². The summed E-state index contributed by atoms with van der Waals surface area (Å²) in [7, 11) is 5.67. The van der Waals surface area contributed by atoms with Gasteiger partial charge in [0.1, 0.15) is 5.75 Å². The molecule has 2 rings (SSSR count). The maximum absolute atomic E-state index is 12.2. The van der Waals surface area contributed by atoms with E-state index >= 15 is 0 Å². The van der Waals surface area contributed by atoms with Gasteiger partial charge in [0.15, 0.2) is 0 Å². The van der Waals surface area contributed by atoms with Crippen LogP contribution in [0.1, 0.15) is 18.0 Å². The highest BCUT2D eigenvalue weighted by Crippen LogP contribution is 2.27. The minimum Gasteiger partial charge on any atom is -0.496 e. The molecule has 1 aromatic carbocycles. The lowest BCUT2D eigenvalue weighted by Gasteiger charge is -2.27. The van der Waals surface area contributed by atoms with Crippen molar-refractivity contribution in [2.75, 3.05) is 47.5 Å². The van der Waals surface area contributed by atoms with Crippen molar-refractivity contribution in [3.63, 3.8) is 0 Å². The van der Waals surface area contributed by atoms with Gasteiger partial charge in [-0.2, -0.15) is 0 Å². The van der Waals surface area contributed by atoms with Crippen molar-refractivity contribution in [2.45, 2.75) is 18.5 Å². The van der Waals surface area contributed by atoms with Gasteiger partial charge in [0.05, 0.1) is 26.4 Å². The monoisotopic (exact) mass is 393 g/mol. The van der Waals surface area contributed by atoms with Crippen LogP contribution in [0.15, 0.2) is 24.3 Å². The fourth-order valence-electron chi connectivity index (χ4n) is 2.77. The molecule has 2 atom stereocenters. The molecule has 0 bridgehead atoms. The van der Waals surface area contributed by atoms with E-state index in [9.17, 15) is 4.79 Å². The Morgan fingerprint density at radius 3 is 2.72 bits per heavy atom. The molecule has 0 saturated carbocycles. The molecular weight excluding hydrogens is 365 g/mol. The smallest absolute Gasteiger partial charge is 0.221 e. The zero-order valence-corrected chi connectivity index (χ0v) is 16.6. The number of morpholine rings is 1. The fraction of sp³-hybridized carbons (Fsp3) is 0.588. The van der Waals surface area contributed by atoms with Gasteiger partial charge < -0.3 is 25.0 Å². The van der Waals surface area contributed by atoms with Crippen LogP contribution in [-0.2, 0) is 9.53 Å². The third-order valence-electron chi connectivity index (χ3n) is 4.04. The van der Waals surface area contributed by atoms with Gasteiger partial charge >= 0.3 is 0 Å². The summed E-state index contributed by atoms with van der Waals surface area (Å²) in [5.74, 6) is 0.873. The average molecular weight is 394 g/mol. The molecule has 0 aliphatic carbocycles. The second-order valence-corrected chi connectivity index (χ2v) is 5.96. The van der Waals surface area contributed by atoms with E-state index in [0.717, 1.165) is 17.9 Å². The molecule has 1 aliphatic rings.